The van der Waals surface area contributed by atoms with Crippen LogP contribution < -0.4 is 21.3 Å². The van der Waals surface area contributed by atoms with Crippen molar-refractivity contribution >= 4 is 23.3 Å². The topological polar surface area (TPSA) is 82.3 Å². The molecule has 1 fully saturated rings. The number of para-hydroxylation sites is 1. The molecule has 2 aromatic carbocycles. The Balaban J connectivity index is 1.66. The second-order valence-corrected chi connectivity index (χ2v) is 6.94. The number of nitrogens with one attached hydrogen (secondary N) is 4. The molecule has 0 aliphatic carbocycles. The van der Waals surface area contributed by atoms with Crippen molar-refractivity contribution in [3.63, 3.8) is 0 Å². The van der Waals surface area contributed by atoms with Crippen molar-refractivity contribution in [3.8, 4) is 0 Å². The summed E-state index contributed by atoms with van der Waals surface area (Å²) in [5, 5.41) is 12.1. The SMILES string of the molecule is Cc1ccc(C(=O)NC2CCCNC2C)cc1NC(=O)Nc1ccccc1. The number of urea groups is 1. The van der Waals surface area contributed by atoms with Gasteiger partial charge in [-0.1, -0.05) is 24.3 Å². The number of anilines is 2. The molecule has 2 atom stereocenters. The van der Waals surface area contributed by atoms with Crippen molar-refractivity contribution < 1.29 is 9.59 Å². The molecule has 2 unspecified atom stereocenters. The molecule has 1 heterocycles. The highest BCUT2D eigenvalue weighted by Gasteiger charge is 2.23. The van der Waals surface area contributed by atoms with Crippen LogP contribution in [0.4, 0.5) is 16.2 Å². The van der Waals surface area contributed by atoms with E-state index in [4.69, 9.17) is 0 Å². The molecule has 142 valence electrons. The minimum atomic E-state index is -0.341. The molecular weight excluding hydrogens is 340 g/mol. The Bertz CT molecular complexity index is 807. The number of aryl methyl sites for hydroxylation is 1. The van der Waals surface area contributed by atoms with Gasteiger partial charge in [-0.3, -0.25) is 4.79 Å². The van der Waals surface area contributed by atoms with Crippen LogP contribution in [-0.2, 0) is 0 Å². The van der Waals surface area contributed by atoms with Gasteiger partial charge in [-0.25, -0.2) is 4.79 Å². The Kier molecular flexibility index (Phi) is 6.08. The Morgan fingerprint density at radius 3 is 2.59 bits per heavy atom. The molecule has 6 nitrogen and oxygen atoms in total. The van der Waals surface area contributed by atoms with Gasteiger partial charge in [0.05, 0.1) is 0 Å². The summed E-state index contributed by atoms with van der Waals surface area (Å²) >= 11 is 0. The second kappa shape index (κ2) is 8.68. The average molecular weight is 366 g/mol. The molecular formula is C21H26N4O2. The fraction of sp³-hybridized carbons (Fsp3) is 0.333. The molecule has 4 N–H and O–H groups in total. The summed E-state index contributed by atoms with van der Waals surface area (Å²) in [6, 6.07) is 14.6. The monoisotopic (exact) mass is 366 g/mol. The highest BCUT2D eigenvalue weighted by Crippen LogP contribution is 2.18. The Morgan fingerprint density at radius 1 is 1.07 bits per heavy atom. The minimum Gasteiger partial charge on any atom is -0.348 e. The summed E-state index contributed by atoms with van der Waals surface area (Å²) in [5.41, 5.74) is 2.75. The fourth-order valence-electron chi connectivity index (χ4n) is 3.20. The minimum absolute atomic E-state index is 0.116. The smallest absolute Gasteiger partial charge is 0.323 e. The van der Waals surface area contributed by atoms with Gasteiger partial charge in [0.25, 0.3) is 5.91 Å². The van der Waals surface area contributed by atoms with Crippen LogP contribution in [0.15, 0.2) is 48.5 Å². The molecule has 1 aliphatic rings. The third-order valence-electron chi connectivity index (χ3n) is 4.86. The summed E-state index contributed by atoms with van der Waals surface area (Å²) in [6.45, 7) is 4.97. The Labute approximate surface area is 159 Å². The van der Waals surface area contributed by atoms with E-state index in [2.05, 4.69) is 28.2 Å². The van der Waals surface area contributed by atoms with Crippen molar-refractivity contribution in [2.45, 2.75) is 38.8 Å². The van der Waals surface area contributed by atoms with Crippen molar-refractivity contribution in [1.29, 1.82) is 0 Å². The number of carbonyl (C=O) groups is 2. The molecule has 2 aromatic rings. The third-order valence-corrected chi connectivity index (χ3v) is 4.86. The van der Waals surface area contributed by atoms with Crippen LogP contribution in [-0.4, -0.2) is 30.6 Å². The number of rotatable bonds is 4. The molecule has 3 rings (SSSR count). The van der Waals surface area contributed by atoms with Crippen LogP contribution in [0.5, 0.6) is 0 Å². The van der Waals surface area contributed by atoms with Gasteiger partial charge in [0, 0.05) is 29.0 Å². The van der Waals surface area contributed by atoms with Gasteiger partial charge in [-0.05, 0) is 63.1 Å². The zero-order valence-electron chi connectivity index (χ0n) is 15.7. The highest BCUT2D eigenvalue weighted by molar-refractivity contribution is 6.02. The zero-order chi connectivity index (χ0) is 19.2. The van der Waals surface area contributed by atoms with Crippen molar-refractivity contribution in [1.82, 2.24) is 10.6 Å². The van der Waals surface area contributed by atoms with E-state index in [1.807, 2.05) is 43.3 Å². The summed E-state index contributed by atoms with van der Waals surface area (Å²) in [4.78, 5) is 24.9. The van der Waals surface area contributed by atoms with E-state index in [1.165, 1.54) is 0 Å². The summed E-state index contributed by atoms with van der Waals surface area (Å²) in [5.74, 6) is -0.123. The van der Waals surface area contributed by atoms with Crippen LogP contribution in [0, 0.1) is 6.92 Å². The van der Waals surface area contributed by atoms with E-state index in [9.17, 15) is 9.59 Å². The number of hydrogen-bond donors (Lipinski definition) is 4. The second-order valence-electron chi connectivity index (χ2n) is 6.94. The van der Waals surface area contributed by atoms with E-state index in [1.54, 1.807) is 12.1 Å². The molecule has 0 spiro atoms. The molecule has 6 heteroatoms. The summed E-state index contributed by atoms with van der Waals surface area (Å²) < 4.78 is 0. The Morgan fingerprint density at radius 2 is 1.85 bits per heavy atom. The van der Waals surface area contributed by atoms with Gasteiger partial charge in [0.1, 0.15) is 0 Å². The lowest BCUT2D eigenvalue weighted by Crippen LogP contribution is -2.51. The first-order valence-electron chi connectivity index (χ1n) is 9.31. The van der Waals surface area contributed by atoms with E-state index >= 15 is 0 Å². The molecule has 0 radical (unpaired) electrons. The van der Waals surface area contributed by atoms with Gasteiger partial charge in [-0.15, -0.1) is 0 Å². The molecule has 1 saturated heterocycles. The maximum atomic E-state index is 12.6. The number of carbonyl (C=O) groups excluding carboxylic acids is 2. The number of amides is 3. The lowest BCUT2D eigenvalue weighted by Gasteiger charge is -2.30. The zero-order valence-corrected chi connectivity index (χ0v) is 15.7. The first kappa shape index (κ1) is 18.9. The van der Waals surface area contributed by atoms with E-state index < -0.39 is 0 Å². The van der Waals surface area contributed by atoms with E-state index in [0.29, 0.717) is 16.9 Å². The molecule has 0 bridgehead atoms. The number of hydrogen-bond acceptors (Lipinski definition) is 3. The van der Waals surface area contributed by atoms with E-state index in [-0.39, 0.29) is 24.0 Å². The largest absolute Gasteiger partial charge is 0.348 e. The lowest BCUT2D eigenvalue weighted by molar-refractivity contribution is 0.0920. The molecule has 0 aromatic heterocycles. The summed E-state index contributed by atoms with van der Waals surface area (Å²) in [7, 11) is 0. The average Bonchev–Trinajstić information content (AvgIpc) is 2.66. The van der Waals surface area contributed by atoms with Gasteiger partial charge in [-0.2, -0.15) is 0 Å². The lowest BCUT2D eigenvalue weighted by atomic mass is 9.99. The Hall–Kier alpha value is -2.86. The van der Waals surface area contributed by atoms with Crippen LogP contribution in [0.1, 0.15) is 35.7 Å². The predicted molar refractivity (Wildman–Crippen MR) is 108 cm³/mol. The van der Waals surface area contributed by atoms with Crippen LogP contribution >= 0.6 is 0 Å². The molecule has 0 saturated carbocycles. The van der Waals surface area contributed by atoms with Crippen molar-refractivity contribution in [3.05, 3.63) is 59.7 Å². The molecule has 3 amide bonds. The molecule has 1 aliphatic heterocycles. The third kappa shape index (κ3) is 5.08. The quantitative estimate of drug-likeness (QED) is 0.668. The van der Waals surface area contributed by atoms with Crippen LogP contribution in [0.3, 0.4) is 0 Å². The predicted octanol–water partition coefficient (Wildman–Crippen LogP) is 3.51. The fourth-order valence-corrected chi connectivity index (χ4v) is 3.20. The van der Waals surface area contributed by atoms with Crippen LogP contribution in [0.2, 0.25) is 0 Å². The standard InChI is InChI=1S/C21H26N4O2/c1-14-10-11-16(20(26)24-18-9-6-12-22-15(18)2)13-19(14)25-21(27)23-17-7-4-3-5-8-17/h3-5,7-8,10-11,13,15,18,22H,6,9,12H2,1-2H3,(H,24,26)(H2,23,25,27). The first-order valence-corrected chi connectivity index (χ1v) is 9.31. The first-order chi connectivity index (χ1) is 13.0. The number of piperidine rings is 1. The van der Waals surface area contributed by atoms with Gasteiger partial charge < -0.3 is 21.3 Å². The number of benzene rings is 2. The van der Waals surface area contributed by atoms with Gasteiger partial charge in [0.15, 0.2) is 0 Å². The van der Waals surface area contributed by atoms with Crippen molar-refractivity contribution in [2.75, 3.05) is 17.2 Å². The highest BCUT2D eigenvalue weighted by atomic mass is 16.2. The molecule has 27 heavy (non-hydrogen) atoms. The van der Waals surface area contributed by atoms with Gasteiger partial charge >= 0.3 is 6.03 Å². The maximum Gasteiger partial charge on any atom is 0.323 e. The normalized spacial score (nSPS) is 19.2. The summed E-state index contributed by atoms with van der Waals surface area (Å²) in [6.07, 6.45) is 2.02. The van der Waals surface area contributed by atoms with Gasteiger partial charge in [0.2, 0.25) is 0 Å². The van der Waals surface area contributed by atoms with E-state index in [0.717, 1.165) is 24.9 Å². The van der Waals surface area contributed by atoms with Crippen LogP contribution in [0.25, 0.3) is 0 Å². The maximum absolute atomic E-state index is 12.6. The van der Waals surface area contributed by atoms with Crippen molar-refractivity contribution in [2.24, 2.45) is 0 Å².